The predicted octanol–water partition coefficient (Wildman–Crippen LogP) is 2.23. The number of hydrogen-bond acceptors (Lipinski definition) is 4. The van der Waals surface area contributed by atoms with E-state index in [1.165, 1.54) is 11.4 Å². The zero-order valence-corrected chi connectivity index (χ0v) is 11.0. The minimum atomic E-state index is -0.0423. The first-order chi connectivity index (χ1) is 9.28. The molecule has 0 radical (unpaired) electrons. The van der Waals surface area contributed by atoms with Gasteiger partial charge in [-0.2, -0.15) is 0 Å². The number of aliphatic hydroxyl groups is 1. The van der Waals surface area contributed by atoms with E-state index in [1.807, 2.05) is 12.1 Å². The van der Waals surface area contributed by atoms with Crippen molar-refractivity contribution >= 4 is 11.4 Å². The van der Waals surface area contributed by atoms with Crippen molar-refractivity contribution in [1.82, 2.24) is 0 Å². The van der Waals surface area contributed by atoms with Gasteiger partial charge in [0.1, 0.15) is 18.1 Å². The number of aliphatic hydroxyl groups excluding tert-OH is 1. The third-order valence-corrected chi connectivity index (χ3v) is 3.56. The van der Waals surface area contributed by atoms with Crippen LogP contribution in [0.1, 0.15) is 11.5 Å². The van der Waals surface area contributed by atoms with Crippen molar-refractivity contribution in [3.8, 4) is 0 Å². The van der Waals surface area contributed by atoms with Crippen molar-refractivity contribution in [2.24, 2.45) is 0 Å². The Morgan fingerprint density at radius 1 is 1.05 bits per heavy atom. The summed E-state index contributed by atoms with van der Waals surface area (Å²) in [5.74, 6) is 1.51. The molecule has 2 heterocycles. The van der Waals surface area contributed by atoms with Gasteiger partial charge in [-0.3, -0.25) is 0 Å². The highest BCUT2D eigenvalue weighted by atomic mass is 16.4. The largest absolute Gasteiger partial charge is 0.462 e. The number of para-hydroxylation sites is 2. The molecular formula is C15H18N2O2. The molecule has 0 aliphatic carbocycles. The van der Waals surface area contributed by atoms with E-state index in [-0.39, 0.29) is 6.61 Å². The average molecular weight is 258 g/mol. The molecule has 0 saturated carbocycles. The third kappa shape index (κ3) is 2.31. The van der Waals surface area contributed by atoms with E-state index < -0.39 is 0 Å². The van der Waals surface area contributed by atoms with E-state index >= 15 is 0 Å². The number of hydrogen-bond donors (Lipinski definition) is 1. The van der Waals surface area contributed by atoms with Gasteiger partial charge in [-0.25, -0.2) is 0 Å². The molecule has 0 spiro atoms. The van der Waals surface area contributed by atoms with Crippen LogP contribution in [0.5, 0.6) is 0 Å². The molecule has 0 fully saturated rings. The quantitative estimate of drug-likeness (QED) is 0.916. The Labute approximate surface area is 112 Å². The summed E-state index contributed by atoms with van der Waals surface area (Å²) in [6.07, 6.45) is 0. The minimum Gasteiger partial charge on any atom is -0.462 e. The highest BCUT2D eigenvalue weighted by Crippen LogP contribution is 2.32. The minimum absolute atomic E-state index is 0.0423. The molecule has 0 unspecified atom stereocenters. The number of benzene rings is 1. The highest BCUT2D eigenvalue weighted by molar-refractivity contribution is 5.72. The molecule has 0 bridgehead atoms. The Morgan fingerprint density at radius 3 is 2.53 bits per heavy atom. The Morgan fingerprint density at radius 2 is 1.79 bits per heavy atom. The standard InChI is InChI=1S/C15H18N2O2/c1-16-8-9-17(15-5-3-2-4-14(15)16)10-12-6-7-13(11-18)19-12/h2-7,18H,8-11H2,1H3. The summed E-state index contributed by atoms with van der Waals surface area (Å²) in [6, 6.07) is 12.2. The lowest BCUT2D eigenvalue weighted by atomic mass is 10.1. The molecule has 0 saturated heterocycles. The lowest BCUT2D eigenvalue weighted by Gasteiger charge is -2.36. The van der Waals surface area contributed by atoms with Crippen molar-refractivity contribution in [2.75, 3.05) is 29.9 Å². The topological polar surface area (TPSA) is 39.9 Å². The van der Waals surface area contributed by atoms with E-state index in [9.17, 15) is 0 Å². The van der Waals surface area contributed by atoms with Crippen molar-refractivity contribution in [3.63, 3.8) is 0 Å². The fraction of sp³-hybridized carbons (Fsp3) is 0.333. The van der Waals surface area contributed by atoms with E-state index in [0.717, 1.165) is 25.4 Å². The van der Waals surface area contributed by atoms with Gasteiger partial charge in [0.2, 0.25) is 0 Å². The monoisotopic (exact) mass is 258 g/mol. The van der Waals surface area contributed by atoms with E-state index in [0.29, 0.717) is 5.76 Å². The molecule has 100 valence electrons. The van der Waals surface area contributed by atoms with Crippen molar-refractivity contribution < 1.29 is 9.52 Å². The summed E-state index contributed by atoms with van der Waals surface area (Å²) in [7, 11) is 2.12. The fourth-order valence-electron chi connectivity index (χ4n) is 2.51. The first kappa shape index (κ1) is 12.1. The van der Waals surface area contributed by atoms with E-state index in [4.69, 9.17) is 9.52 Å². The molecule has 2 aromatic rings. The van der Waals surface area contributed by atoms with Gasteiger partial charge in [-0.1, -0.05) is 12.1 Å². The van der Waals surface area contributed by atoms with Crippen LogP contribution in [0.15, 0.2) is 40.8 Å². The maximum absolute atomic E-state index is 9.04. The van der Waals surface area contributed by atoms with Gasteiger partial charge in [0.25, 0.3) is 0 Å². The molecular weight excluding hydrogens is 240 g/mol. The summed E-state index contributed by atoms with van der Waals surface area (Å²) < 4.78 is 5.57. The lowest BCUT2D eigenvalue weighted by molar-refractivity contribution is 0.243. The number of rotatable bonds is 3. The van der Waals surface area contributed by atoms with Crippen LogP contribution in [0.4, 0.5) is 11.4 Å². The van der Waals surface area contributed by atoms with Crippen molar-refractivity contribution in [3.05, 3.63) is 47.9 Å². The Kier molecular flexibility index (Phi) is 3.17. The Balaban J connectivity index is 1.84. The summed E-state index contributed by atoms with van der Waals surface area (Å²) in [4.78, 5) is 4.59. The first-order valence-electron chi connectivity index (χ1n) is 6.51. The molecule has 0 amide bonds. The normalized spacial score (nSPS) is 14.6. The molecule has 19 heavy (non-hydrogen) atoms. The Bertz CT molecular complexity index is 565. The van der Waals surface area contributed by atoms with Crippen LogP contribution in [-0.4, -0.2) is 25.2 Å². The molecule has 1 aliphatic heterocycles. The second kappa shape index (κ2) is 4.97. The van der Waals surface area contributed by atoms with Crippen LogP contribution < -0.4 is 9.80 Å². The summed E-state index contributed by atoms with van der Waals surface area (Å²) in [5.41, 5.74) is 2.49. The average Bonchev–Trinajstić information content (AvgIpc) is 2.90. The maximum atomic E-state index is 9.04. The first-order valence-corrected chi connectivity index (χ1v) is 6.51. The second-order valence-electron chi connectivity index (χ2n) is 4.86. The van der Waals surface area contributed by atoms with Gasteiger partial charge < -0.3 is 19.3 Å². The fourth-order valence-corrected chi connectivity index (χ4v) is 2.51. The Hall–Kier alpha value is -1.94. The summed E-state index contributed by atoms with van der Waals surface area (Å²) in [5, 5.41) is 9.04. The van der Waals surface area contributed by atoms with Crippen molar-refractivity contribution in [2.45, 2.75) is 13.2 Å². The molecule has 1 aromatic heterocycles. The second-order valence-corrected chi connectivity index (χ2v) is 4.86. The van der Waals surface area contributed by atoms with Gasteiger partial charge >= 0.3 is 0 Å². The maximum Gasteiger partial charge on any atom is 0.129 e. The van der Waals surface area contributed by atoms with Crippen molar-refractivity contribution in [1.29, 1.82) is 0 Å². The third-order valence-electron chi connectivity index (χ3n) is 3.56. The molecule has 1 aromatic carbocycles. The molecule has 1 N–H and O–H groups in total. The van der Waals surface area contributed by atoms with Crippen LogP contribution in [0.3, 0.4) is 0 Å². The lowest BCUT2D eigenvalue weighted by Crippen LogP contribution is -2.38. The summed E-state index contributed by atoms with van der Waals surface area (Å²) >= 11 is 0. The van der Waals surface area contributed by atoms with E-state index in [1.54, 1.807) is 0 Å². The molecule has 1 aliphatic rings. The number of fused-ring (bicyclic) bond motifs is 1. The van der Waals surface area contributed by atoms with Gasteiger partial charge in [0, 0.05) is 20.1 Å². The van der Waals surface area contributed by atoms with Crippen LogP contribution >= 0.6 is 0 Å². The smallest absolute Gasteiger partial charge is 0.129 e. The molecule has 3 rings (SSSR count). The van der Waals surface area contributed by atoms with Crippen LogP contribution in [-0.2, 0) is 13.2 Å². The highest BCUT2D eigenvalue weighted by Gasteiger charge is 2.20. The van der Waals surface area contributed by atoms with Gasteiger partial charge in [0.05, 0.1) is 17.9 Å². The predicted molar refractivity (Wildman–Crippen MR) is 75.4 cm³/mol. The van der Waals surface area contributed by atoms with Gasteiger partial charge in [-0.05, 0) is 24.3 Å². The number of furan rings is 1. The number of anilines is 2. The number of nitrogens with zero attached hydrogens (tertiary/aromatic N) is 2. The zero-order valence-electron chi connectivity index (χ0n) is 11.0. The molecule has 4 nitrogen and oxygen atoms in total. The SMILES string of the molecule is CN1CCN(Cc2ccc(CO)o2)c2ccccc21. The van der Waals surface area contributed by atoms with Gasteiger partial charge in [-0.15, -0.1) is 0 Å². The van der Waals surface area contributed by atoms with Crippen LogP contribution in [0.25, 0.3) is 0 Å². The van der Waals surface area contributed by atoms with E-state index in [2.05, 4.69) is 41.1 Å². The zero-order chi connectivity index (χ0) is 13.2. The summed E-state index contributed by atoms with van der Waals surface area (Å²) in [6.45, 7) is 2.68. The molecule has 4 heteroatoms. The van der Waals surface area contributed by atoms with Crippen LogP contribution in [0, 0.1) is 0 Å². The van der Waals surface area contributed by atoms with Gasteiger partial charge in [0.15, 0.2) is 0 Å². The molecule has 0 atom stereocenters. The number of likely N-dealkylation sites (N-methyl/N-ethyl adjacent to an activating group) is 1. The van der Waals surface area contributed by atoms with Crippen LogP contribution in [0.2, 0.25) is 0 Å².